The standard InChI is InChI=1S/C22H30F3N3O2/c1-26-19(28-9-5-20(15-28)6-10-30-16-20)27-14-21(7-11-29-12-8-21)17-3-2-4-18(13-17)22(23,24)25/h2-4,13H,5-12,14-16H2,1H3,(H,26,27). The first-order valence-electron chi connectivity index (χ1n) is 10.6. The van der Waals surface area contributed by atoms with E-state index in [-0.39, 0.29) is 5.41 Å². The summed E-state index contributed by atoms with van der Waals surface area (Å²) in [6.07, 6.45) is -0.836. The molecule has 0 amide bonds. The molecule has 0 aliphatic carbocycles. The second-order valence-corrected chi connectivity index (χ2v) is 8.85. The Labute approximate surface area is 175 Å². The second-order valence-electron chi connectivity index (χ2n) is 8.85. The van der Waals surface area contributed by atoms with E-state index < -0.39 is 17.2 Å². The van der Waals surface area contributed by atoms with Crippen LogP contribution in [0.5, 0.6) is 0 Å². The molecule has 0 saturated carbocycles. The molecule has 4 rings (SSSR count). The fourth-order valence-electron chi connectivity index (χ4n) is 5.02. The Balaban J connectivity index is 1.51. The normalized spacial score (nSPS) is 27.1. The van der Waals surface area contributed by atoms with Crippen molar-refractivity contribution >= 4 is 5.96 Å². The van der Waals surface area contributed by atoms with Crippen molar-refractivity contribution in [1.82, 2.24) is 10.2 Å². The smallest absolute Gasteiger partial charge is 0.381 e. The Morgan fingerprint density at radius 1 is 1.13 bits per heavy atom. The topological polar surface area (TPSA) is 46.1 Å². The summed E-state index contributed by atoms with van der Waals surface area (Å²) < 4.78 is 51.1. The maximum atomic E-state index is 13.3. The first-order valence-corrected chi connectivity index (χ1v) is 10.6. The molecule has 3 fully saturated rings. The Morgan fingerprint density at radius 2 is 1.90 bits per heavy atom. The molecule has 3 heterocycles. The summed E-state index contributed by atoms with van der Waals surface area (Å²) in [7, 11) is 1.76. The van der Waals surface area contributed by atoms with Crippen LogP contribution in [-0.2, 0) is 21.1 Å². The van der Waals surface area contributed by atoms with Gasteiger partial charge in [0.2, 0.25) is 0 Å². The zero-order valence-corrected chi connectivity index (χ0v) is 17.4. The van der Waals surface area contributed by atoms with Crippen molar-refractivity contribution in [3.05, 3.63) is 35.4 Å². The number of ether oxygens (including phenoxy) is 2. The second kappa shape index (κ2) is 8.38. The van der Waals surface area contributed by atoms with E-state index in [0.29, 0.717) is 38.2 Å². The van der Waals surface area contributed by atoms with Crippen LogP contribution in [0.1, 0.15) is 36.8 Å². The number of nitrogens with zero attached hydrogens (tertiary/aromatic N) is 2. The van der Waals surface area contributed by atoms with E-state index in [2.05, 4.69) is 15.2 Å². The van der Waals surface area contributed by atoms with Crippen molar-refractivity contribution in [2.75, 3.05) is 53.1 Å². The molecule has 5 nitrogen and oxygen atoms in total. The van der Waals surface area contributed by atoms with Crippen LogP contribution in [-0.4, -0.2) is 64.0 Å². The molecule has 1 spiro atoms. The van der Waals surface area contributed by atoms with E-state index in [0.717, 1.165) is 51.2 Å². The van der Waals surface area contributed by atoms with Gasteiger partial charge in [0.1, 0.15) is 0 Å². The van der Waals surface area contributed by atoms with Crippen LogP contribution in [0.15, 0.2) is 29.3 Å². The van der Waals surface area contributed by atoms with Gasteiger partial charge < -0.3 is 19.7 Å². The maximum Gasteiger partial charge on any atom is 0.416 e. The molecule has 3 saturated heterocycles. The molecule has 30 heavy (non-hydrogen) atoms. The SMILES string of the molecule is CN=C(NCC1(c2cccc(C(F)(F)F)c2)CCOCC1)N1CCC2(CCOC2)C1. The number of rotatable bonds is 3. The van der Waals surface area contributed by atoms with Gasteiger partial charge in [-0.05, 0) is 37.3 Å². The van der Waals surface area contributed by atoms with E-state index in [9.17, 15) is 13.2 Å². The van der Waals surface area contributed by atoms with Crippen molar-refractivity contribution in [2.45, 2.75) is 37.3 Å². The molecule has 8 heteroatoms. The molecule has 0 aromatic heterocycles. The molecule has 1 unspecified atom stereocenters. The fourth-order valence-corrected chi connectivity index (χ4v) is 5.02. The summed E-state index contributed by atoms with van der Waals surface area (Å²) in [5.74, 6) is 0.816. The average molecular weight is 425 g/mol. The molecule has 1 atom stereocenters. The molecule has 0 radical (unpaired) electrons. The number of benzene rings is 1. The minimum absolute atomic E-state index is 0.217. The first-order chi connectivity index (χ1) is 14.4. The van der Waals surface area contributed by atoms with Gasteiger partial charge >= 0.3 is 6.18 Å². The van der Waals surface area contributed by atoms with E-state index in [1.54, 1.807) is 7.05 Å². The number of nitrogens with one attached hydrogen (secondary N) is 1. The van der Waals surface area contributed by atoms with Crippen molar-refractivity contribution in [2.24, 2.45) is 10.4 Å². The predicted octanol–water partition coefficient (Wildman–Crippen LogP) is 3.44. The van der Waals surface area contributed by atoms with Crippen molar-refractivity contribution in [3.8, 4) is 0 Å². The number of aliphatic imine (C=N–C) groups is 1. The molecule has 1 aromatic rings. The lowest BCUT2D eigenvalue weighted by atomic mass is 9.73. The summed E-state index contributed by atoms with van der Waals surface area (Å²) in [6.45, 7) is 5.06. The van der Waals surface area contributed by atoms with Crippen LogP contribution >= 0.6 is 0 Å². The van der Waals surface area contributed by atoms with Crippen LogP contribution in [0.3, 0.4) is 0 Å². The minimum atomic E-state index is -4.35. The first kappa shape index (κ1) is 21.4. The Morgan fingerprint density at radius 3 is 2.57 bits per heavy atom. The summed E-state index contributed by atoms with van der Waals surface area (Å²) in [5, 5.41) is 3.48. The highest BCUT2D eigenvalue weighted by molar-refractivity contribution is 5.80. The number of halogens is 3. The van der Waals surface area contributed by atoms with Gasteiger partial charge in [-0.25, -0.2) is 0 Å². The van der Waals surface area contributed by atoms with Gasteiger partial charge in [-0.2, -0.15) is 13.2 Å². The maximum absolute atomic E-state index is 13.3. The Bertz CT molecular complexity index is 769. The molecule has 0 bridgehead atoms. The lowest BCUT2D eigenvalue weighted by molar-refractivity contribution is -0.137. The van der Waals surface area contributed by atoms with Crippen molar-refractivity contribution < 1.29 is 22.6 Å². The van der Waals surface area contributed by atoms with Crippen molar-refractivity contribution in [3.63, 3.8) is 0 Å². The highest BCUT2D eigenvalue weighted by Crippen LogP contribution is 2.39. The van der Waals surface area contributed by atoms with E-state index in [1.807, 2.05) is 6.07 Å². The van der Waals surface area contributed by atoms with Gasteiger partial charge in [-0.1, -0.05) is 18.2 Å². The third-order valence-corrected chi connectivity index (χ3v) is 6.97. The Hall–Kier alpha value is -1.80. The minimum Gasteiger partial charge on any atom is -0.381 e. The van der Waals surface area contributed by atoms with Gasteiger partial charge in [0.05, 0.1) is 12.2 Å². The predicted molar refractivity (Wildman–Crippen MR) is 109 cm³/mol. The number of guanidine groups is 1. The lowest BCUT2D eigenvalue weighted by Crippen LogP contribution is -2.49. The molecule has 166 valence electrons. The quantitative estimate of drug-likeness (QED) is 0.595. The van der Waals surface area contributed by atoms with Gasteiger partial charge in [-0.15, -0.1) is 0 Å². The zero-order chi connectivity index (χ0) is 21.2. The molecule has 3 aliphatic heterocycles. The number of hydrogen-bond acceptors (Lipinski definition) is 3. The van der Waals surface area contributed by atoms with Crippen LogP contribution in [0, 0.1) is 5.41 Å². The van der Waals surface area contributed by atoms with Gasteiger partial charge in [0, 0.05) is 57.3 Å². The molecule has 3 aliphatic rings. The summed E-state index contributed by atoms with van der Waals surface area (Å²) in [4.78, 5) is 6.73. The fraction of sp³-hybridized carbons (Fsp3) is 0.682. The Kier molecular flexibility index (Phi) is 5.99. The average Bonchev–Trinajstić information content (AvgIpc) is 3.38. The van der Waals surface area contributed by atoms with Gasteiger partial charge in [-0.3, -0.25) is 4.99 Å². The highest BCUT2D eigenvalue weighted by Gasteiger charge is 2.43. The summed E-state index contributed by atoms with van der Waals surface area (Å²) in [5.41, 5.74) is -0.0816. The number of hydrogen-bond donors (Lipinski definition) is 1. The lowest BCUT2D eigenvalue weighted by Gasteiger charge is -2.39. The monoisotopic (exact) mass is 425 g/mol. The van der Waals surface area contributed by atoms with Crippen LogP contribution in [0.25, 0.3) is 0 Å². The third kappa shape index (κ3) is 4.30. The molecule has 1 aromatic carbocycles. The third-order valence-electron chi connectivity index (χ3n) is 6.97. The van der Waals surface area contributed by atoms with Crippen LogP contribution < -0.4 is 5.32 Å². The number of likely N-dealkylation sites (tertiary alicyclic amines) is 1. The molecular weight excluding hydrogens is 395 g/mol. The van der Waals surface area contributed by atoms with Gasteiger partial charge in [0.15, 0.2) is 5.96 Å². The van der Waals surface area contributed by atoms with Gasteiger partial charge in [0.25, 0.3) is 0 Å². The molecule has 1 N–H and O–H groups in total. The van der Waals surface area contributed by atoms with Crippen LogP contribution in [0.2, 0.25) is 0 Å². The summed E-state index contributed by atoms with van der Waals surface area (Å²) in [6, 6.07) is 5.76. The van der Waals surface area contributed by atoms with E-state index in [1.165, 1.54) is 12.1 Å². The van der Waals surface area contributed by atoms with Crippen LogP contribution in [0.4, 0.5) is 13.2 Å². The highest BCUT2D eigenvalue weighted by atomic mass is 19.4. The van der Waals surface area contributed by atoms with Crippen molar-refractivity contribution in [1.29, 1.82) is 0 Å². The summed E-state index contributed by atoms with van der Waals surface area (Å²) >= 11 is 0. The van der Waals surface area contributed by atoms with E-state index in [4.69, 9.17) is 9.47 Å². The largest absolute Gasteiger partial charge is 0.416 e. The van der Waals surface area contributed by atoms with E-state index >= 15 is 0 Å². The molecular formula is C22H30F3N3O2. The zero-order valence-electron chi connectivity index (χ0n) is 17.4. The number of alkyl halides is 3.